The minimum atomic E-state index is -1.02. The number of nitrogens with zero attached hydrogens (tertiary/aromatic N) is 3. The number of carboxylic acids is 1. The Hall–Kier alpha value is -1.85. The maximum Gasteiger partial charge on any atom is 0.345 e. The lowest BCUT2D eigenvalue weighted by atomic mass is 10.3. The molecular weight excluding hydrogens is 186 g/mol. The summed E-state index contributed by atoms with van der Waals surface area (Å²) < 4.78 is 2.53. The van der Waals surface area contributed by atoms with Gasteiger partial charge < -0.3 is 5.11 Å². The molecule has 0 radical (unpaired) electrons. The fourth-order valence-electron chi connectivity index (χ4n) is 1.02. The van der Waals surface area contributed by atoms with Crippen LogP contribution in [0.5, 0.6) is 0 Å². The zero-order valence-corrected chi connectivity index (χ0v) is 7.97. The van der Waals surface area contributed by atoms with Crippen LogP contribution in [0.25, 0.3) is 0 Å². The van der Waals surface area contributed by atoms with Gasteiger partial charge in [-0.05, 0) is 12.5 Å². The lowest BCUT2D eigenvalue weighted by molar-refractivity contribution is -0.131. The molecule has 0 unspecified atom stereocenters. The summed E-state index contributed by atoms with van der Waals surface area (Å²) in [6, 6.07) is 0. The van der Waals surface area contributed by atoms with Crippen LogP contribution in [0.2, 0.25) is 0 Å². The molecule has 0 aliphatic heterocycles. The van der Waals surface area contributed by atoms with E-state index in [0.717, 1.165) is 6.08 Å². The van der Waals surface area contributed by atoms with E-state index < -0.39 is 5.97 Å². The lowest BCUT2D eigenvalue weighted by Crippen LogP contribution is -2.23. The second kappa shape index (κ2) is 3.91. The molecule has 0 fully saturated rings. The maximum absolute atomic E-state index is 11.3. The number of hydrogen-bond donors (Lipinski definition) is 1. The summed E-state index contributed by atoms with van der Waals surface area (Å²) in [5.74, 6) is -1.02. The largest absolute Gasteiger partial charge is 0.478 e. The number of allylic oxidation sites excluding steroid dienone is 1. The summed E-state index contributed by atoms with van der Waals surface area (Å²) in [6.07, 6.45) is 2.44. The molecule has 6 nitrogen and oxygen atoms in total. The number of rotatable bonds is 3. The fraction of sp³-hybridized carbons (Fsp3) is 0.375. The van der Waals surface area contributed by atoms with Crippen molar-refractivity contribution in [2.45, 2.75) is 13.5 Å². The molecule has 1 heterocycles. The first-order chi connectivity index (χ1) is 6.50. The Balaban J connectivity index is 2.85. The van der Waals surface area contributed by atoms with Gasteiger partial charge in [-0.1, -0.05) is 0 Å². The second-order valence-electron chi connectivity index (χ2n) is 3.01. The summed E-state index contributed by atoms with van der Waals surface area (Å²) >= 11 is 0. The van der Waals surface area contributed by atoms with Gasteiger partial charge >= 0.3 is 11.7 Å². The highest BCUT2D eigenvalue weighted by Crippen LogP contribution is 1.94. The van der Waals surface area contributed by atoms with Gasteiger partial charge in [-0.2, -0.15) is 5.10 Å². The quantitative estimate of drug-likeness (QED) is 0.669. The number of carbonyl (C=O) groups is 1. The third kappa shape index (κ3) is 2.32. The summed E-state index contributed by atoms with van der Waals surface area (Å²) in [6.45, 7) is 1.83. The SMILES string of the molecule is CC(=CC(=O)O)Cn1ncn(C)c1=O. The number of hydrogen-bond acceptors (Lipinski definition) is 3. The van der Waals surface area contributed by atoms with E-state index in [9.17, 15) is 9.59 Å². The van der Waals surface area contributed by atoms with Crippen LogP contribution in [0.15, 0.2) is 22.8 Å². The standard InChI is InChI=1S/C8H11N3O3/c1-6(3-7(12)13)4-11-8(14)10(2)5-9-11/h3,5H,4H2,1-2H3,(H,12,13). The van der Waals surface area contributed by atoms with Crippen molar-refractivity contribution in [2.24, 2.45) is 7.05 Å². The predicted molar refractivity (Wildman–Crippen MR) is 48.9 cm³/mol. The number of aliphatic carboxylic acids is 1. The van der Waals surface area contributed by atoms with E-state index in [4.69, 9.17) is 5.11 Å². The van der Waals surface area contributed by atoms with Crippen molar-refractivity contribution in [1.82, 2.24) is 14.3 Å². The van der Waals surface area contributed by atoms with Crippen LogP contribution in [0, 0.1) is 0 Å². The van der Waals surface area contributed by atoms with E-state index >= 15 is 0 Å². The lowest BCUT2D eigenvalue weighted by Gasteiger charge is -1.97. The third-order valence-corrected chi connectivity index (χ3v) is 1.66. The molecule has 1 aromatic heterocycles. The number of carboxylic acid groups (broad SMARTS) is 1. The van der Waals surface area contributed by atoms with E-state index in [2.05, 4.69) is 5.10 Å². The van der Waals surface area contributed by atoms with Crippen molar-refractivity contribution < 1.29 is 9.90 Å². The van der Waals surface area contributed by atoms with Gasteiger partial charge in [-0.3, -0.25) is 4.57 Å². The Kier molecular flexibility index (Phi) is 2.85. The second-order valence-corrected chi connectivity index (χ2v) is 3.01. The van der Waals surface area contributed by atoms with Crippen molar-refractivity contribution in [3.63, 3.8) is 0 Å². The van der Waals surface area contributed by atoms with Crippen LogP contribution in [0.1, 0.15) is 6.92 Å². The van der Waals surface area contributed by atoms with E-state index in [1.54, 1.807) is 14.0 Å². The molecule has 0 bridgehead atoms. The highest BCUT2D eigenvalue weighted by molar-refractivity contribution is 5.80. The van der Waals surface area contributed by atoms with Crippen molar-refractivity contribution in [2.75, 3.05) is 0 Å². The topological polar surface area (TPSA) is 77.1 Å². The van der Waals surface area contributed by atoms with Gasteiger partial charge in [0.1, 0.15) is 6.33 Å². The molecule has 0 spiro atoms. The Morgan fingerprint density at radius 2 is 2.36 bits per heavy atom. The van der Waals surface area contributed by atoms with E-state index in [1.165, 1.54) is 15.6 Å². The van der Waals surface area contributed by atoms with Gasteiger partial charge in [0.2, 0.25) is 0 Å². The molecule has 1 rings (SSSR count). The molecule has 0 saturated carbocycles. The molecular formula is C8H11N3O3. The Morgan fingerprint density at radius 3 is 2.79 bits per heavy atom. The van der Waals surface area contributed by atoms with Crippen LogP contribution < -0.4 is 5.69 Å². The van der Waals surface area contributed by atoms with Crippen LogP contribution in [0.4, 0.5) is 0 Å². The molecule has 0 aromatic carbocycles. The van der Waals surface area contributed by atoms with E-state index in [0.29, 0.717) is 5.57 Å². The first kappa shape index (κ1) is 10.2. The van der Waals surface area contributed by atoms with Crippen molar-refractivity contribution >= 4 is 5.97 Å². The maximum atomic E-state index is 11.3. The highest BCUT2D eigenvalue weighted by Gasteiger charge is 2.02. The Labute approximate surface area is 80.1 Å². The zero-order valence-electron chi connectivity index (χ0n) is 7.97. The van der Waals surface area contributed by atoms with Crippen molar-refractivity contribution in [3.8, 4) is 0 Å². The normalized spacial score (nSPS) is 11.7. The predicted octanol–water partition coefficient (Wildman–Crippen LogP) is -0.387. The van der Waals surface area contributed by atoms with Crippen LogP contribution in [-0.2, 0) is 18.4 Å². The molecule has 0 aliphatic rings. The first-order valence-electron chi connectivity index (χ1n) is 3.99. The van der Waals surface area contributed by atoms with Gasteiger partial charge in [-0.15, -0.1) is 0 Å². The van der Waals surface area contributed by atoms with Gasteiger partial charge in [0.05, 0.1) is 6.54 Å². The number of aromatic nitrogens is 3. The third-order valence-electron chi connectivity index (χ3n) is 1.66. The smallest absolute Gasteiger partial charge is 0.345 e. The molecule has 0 atom stereocenters. The average Bonchev–Trinajstić information content (AvgIpc) is 2.34. The van der Waals surface area contributed by atoms with Gasteiger partial charge in [0.25, 0.3) is 0 Å². The molecule has 1 N–H and O–H groups in total. The minimum Gasteiger partial charge on any atom is -0.478 e. The molecule has 0 saturated heterocycles. The molecule has 0 amide bonds. The summed E-state index contributed by atoms with van der Waals surface area (Å²) in [7, 11) is 1.59. The molecule has 6 heteroatoms. The van der Waals surface area contributed by atoms with E-state index in [-0.39, 0.29) is 12.2 Å². The van der Waals surface area contributed by atoms with Gasteiger partial charge in [-0.25, -0.2) is 14.3 Å². The molecule has 0 aliphatic carbocycles. The van der Waals surface area contributed by atoms with Crippen molar-refractivity contribution in [3.05, 3.63) is 28.5 Å². The summed E-state index contributed by atoms with van der Waals surface area (Å²) in [4.78, 5) is 21.6. The highest BCUT2D eigenvalue weighted by atomic mass is 16.4. The van der Waals surface area contributed by atoms with Crippen LogP contribution >= 0.6 is 0 Å². The fourth-order valence-corrected chi connectivity index (χ4v) is 1.02. The monoisotopic (exact) mass is 197 g/mol. The molecule has 76 valence electrons. The summed E-state index contributed by atoms with van der Waals surface area (Å²) in [5.41, 5.74) is 0.307. The van der Waals surface area contributed by atoms with Crippen molar-refractivity contribution in [1.29, 1.82) is 0 Å². The Morgan fingerprint density at radius 1 is 1.71 bits per heavy atom. The van der Waals surface area contributed by atoms with Gasteiger partial charge in [0.15, 0.2) is 0 Å². The van der Waals surface area contributed by atoms with Crippen LogP contribution in [-0.4, -0.2) is 25.4 Å². The number of aryl methyl sites for hydroxylation is 1. The van der Waals surface area contributed by atoms with Crippen LogP contribution in [0.3, 0.4) is 0 Å². The molecule has 1 aromatic rings. The van der Waals surface area contributed by atoms with Gasteiger partial charge in [0, 0.05) is 13.1 Å². The minimum absolute atomic E-state index is 0.200. The van der Waals surface area contributed by atoms with E-state index in [1.807, 2.05) is 0 Å². The average molecular weight is 197 g/mol. The summed E-state index contributed by atoms with van der Waals surface area (Å²) in [5, 5.41) is 12.2. The first-order valence-corrected chi connectivity index (χ1v) is 3.99. The Bertz CT molecular complexity index is 427. The molecule has 14 heavy (non-hydrogen) atoms. The zero-order chi connectivity index (χ0) is 10.7.